The highest BCUT2D eigenvalue weighted by molar-refractivity contribution is 5.76. The summed E-state index contributed by atoms with van der Waals surface area (Å²) in [5, 5.41) is 28.1. The van der Waals surface area contributed by atoms with Crippen LogP contribution in [0.1, 0.15) is 143 Å². The first-order chi connectivity index (χ1) is 15.8. The molecule has 198 valence electrons. The van der Waals surface area contributed by atoms with Crippen molar-refractivity contribution in [1.82, 2.24) is 0 Å². The molecular formula is C30H54O4. The maximum absolute atomic E-state index is 11.6. The second-order valence-corrected chi connectivity index (χ2v) is 11.9. The van der Waals surface area contributed by atoms with E-state index in [-0.39, 0.29) is 16.6 Å². The van der Waals surface area contributed by atoms with Gasteiger partial charge in [-0.25, -0.2) is 0 Å². The lowest BCUT2D eigenvalue weighted by Gasteiger charge is -2.26. The van der Waals surface area contributed by atoms with Crippen molar-refractivity contribution in [2.45, 2.75) is 137 Å². The molecule has 0 amide bonds. The molecule has 1 aromatic rings. The largest absolute Gasteiger partial charge is 0.508 e. The van der Waals surface area contributed by atoms with Gasteiger partial charge in [0.25, 0.3) is 0 Å². The first kappa shape index (κ1) is 32.5. The summed E-state index contributed by atoms with van der Waals surface area (Å²) in [7, 11) is 0. The number of phenolic OH excluding ortho intramolecular Hbond substituents is 1. The van der Waals surface area contributed by atoms with E-state index in [0.29, 0.717) is 13.0 Å². The van der Waals surface area contributed by atoms with Crippen molar-refractivity contribution in [3.63, 3.8) is 0 Å². The minimum Gasteiger partial charge on any atom is -0.508 e. The van der Waals surface area contributed by atoms with Crippen LogP contribution in [0, 0.1) is 5.41 Å². The quantitative estimate of drug-likeness (QED) is 0.234. The lowest BCUT2D eigenvalue weighted by Crippen LogP contribution is -2.20. The molecule has 0 spiro atoms. The van der Waals surface area contributed by atoms with Crippen molar-refractivity contribution in [3.8, 4) is 5.75 Å². The fraction of sp³-hybridized carbons (Fsp3) is 0.767. The summed E-state index contributed by atoms with van der Waals surface area (Å²) in [4.78, 5) is 11.6. The number of aliphatic carboxylic acids is 1. The molecule has 0 saturated carbocycles. The molecule has 4 nitrogen and oxygen atoms in total. The third-order valence-electron chi connectivity index (χ3n) is 6.11. The van der Waals surface area contributed by atoms with Crippen molar-refractivity contribution >= 4 is 5.97 Å². The maximum atomic E-state index is 11.6. The monoisotopic (exact) mass is 478 g/mol. The summed E-state index contributed by atoms with van der Waals surface area (Å²) in [6.45, 7) is 14.8. The summed E-state index contributed by atoms with van der Waals surface area (Å²) in [6.07, 6.45) is 15.3. The number of rotatable bonds is 14. The minimum absolute atomic E-state index is 0.0666. The Morgan fingerprint density at radius 3 is 1.68 bits per heavy atom. The van der Waals surface area contributed by atoms with E-state index in [1.807, 2.05) is 47.6 Å². The molecule has 0 radical (unpaired) electrons. The van der Waals surface area contributed by atoms with Gasteiger partial charge in [0, 0.05) is 6.61 Å². The van der Waals surface area contributed by atoms with Gasteiger partial charge in [-0.2, -0.15) is 0 Å². The fourth-order valence-corrected chi connectivity index (χ4v) is 4.11. The number of unbranched alkanes of at least 4 members (excludes halogenated alkanes) is 10. The number of aromatic hydroxyl groups is 1. The van der Waals surface area contributed by atoms with Crippen LogP contribution in [0.25, 0.3) is 0 Å². The van der Waals surface area contributed by atoms with Gasteiger partial charge in [0.1, 0.15) is 5.75 Å². The van der Waals surface area contributed by atoms with Gasteiger partial charge in [0.15, 0.2) is 0 Å². The summed E-state index contributed by atoms with van der Waals surface area (Å²) < 4.78 is 0. The molecule has 3 N–H and O–H groups in total. The van der Waals surface area contributed by atoms with Crippen LogP contribution in [0.5, 0.6) is 5.75 Å². The maximum Gasteiger partial charge on any atom is 0.310 e. The van der Waals surface area contributed by atoms with Crippen LogP contribution < -0.4 is 0 Å². The van der Waals surface area contributed by atoms with Crippen LogP contribution in [0.2, 0.25) is 0 Å². The molecule has 0 fully saturated rings. The summed E-state index contributed by atoms with van der Waals surface area (Å²) in [6, 6.07) is 5.16. The van der Waals surface area contributed by atoms with Gasteiger partial charge in [0.05, 0.1) is 5.92 Å². The molecule has 0 aromatic heterocycles. The first-order valence-corrected chi connectivity index (χ1v) is 13.5. The van der Waals surface area contributed by atoms with E-state index < -0.39 is 11.9 Å². The topological polar surface area (TPSA) is 77.8 Å². The number of hydrogen-bond acceptors (Lipinski definition) is 3. The van der Waals surface area contributed by atoms with E-state index >= 15 is 0 Å². The van der Waals surface area contributed by atoms with E-state index in [2.05, 4.69) is 6.92 Å². The normalized spacial score (nSPS) is 12.7. The Morgan fingerprint density at radius 1 is 0.824 bits per heavy atom. The Bertz CT molecular complexity index is 655. The molecule has 0 aliphatic rings. The van der Waals surface area contributed by atoms with Gasteiger partial charge in [-0.15, -0.1) is 0 Å². The average Bonchev–Trinajstić information content (AvgIpc) is 2.73. The average molecular weight is 479 g/mol. The summed E-state index contributed by atoms with van der Waals surface area (Å²) >= 11 is 0. The predicted molar refractivity (Wildman–Crippen MR) is 145 cm³/mol. The molecule has 0 heterocycles. The molecule has 0 aliphatic heterocycles. The summed E-state index contributed by atoms with van der Waals surface area (Å²) in [5.74, 6) is -1.14. The number of carboxylic acids is 1. The zero-order valence-corrected chi connectivity index (χ0v) is 23.3. The number of hydrogen-bond donors (Lipinski definition) is 3. The van der Waals surface area contributed by atoms with Crippen molar-refractivity contribution in [2.75, 3.05) is 6.61 Å². The fourth-order valence-electron chi connectivity index (χ4n) is 4.11. The molecule has 1 unspecified atom stereocenters. The smallest absolute Gasteiger partial charge is 0.310 e. The van der Waals surface area contributed by atoms with Crippen LogP contribution in [-0.4, -0.2) is 27.9 Å². The standard InChI is InChI=1S/C17H26O3.C13H28O/c1-16(2,3)10-12(15(19)20)11-7-8-14(18)13(9-11)17(4,5)6;1-2-3-4-5-6-7-8-9-10-11-12-13-14/h7-9,12,18H,10H2,1-6H3,(H,19,20);14H,2-13H2,1H3. The molecule has 0 bridgehead atoms. The van der Waals surface area contributed by atoms with Crippen LogP contribution in [0.3, 0.4) is 0 Å². The van der Waals surface area contributed by atoms with Gasteiger partial charge in [0.2, 0.25) is 0 Å². The molecular weight excluding hydrogens is 424 g/mol. The lowest BCUT2D eigenvalue weighted by atomic mass is 9.79. The Morgan fingerprint density at radius 2 is 1.29 bits per heavy atom. The second kappa shape index (κ2) is 17.0. The lowest BCUT2D eigenvalue weighted by molar-refractivity contribution is -0.139. The molecule has 1 atom stereocenters. The van der Waals surface area contributed by atoms with Gasteiger partial charge >= 0.3 is 5.97 Å². The predicted octanol–water partition coefficient (Wildman–Crippen LogP) is 8.58. The highest BCUT2D eigenvalue weighted by Gasteiger charge is 2.28. The highest BCUT2D eigenvalue weighted by atomic mass is 16.4. The van der Waals surface area contributed by atoms with E-state index in [4.69, 9.17) is 5.11 Å². The van der Waals surface area contributed by atoms with Crippen LogP contribution in [0.15, 0.2) is 18.2 Å². The van der Waals surface area contributed by atoms with E-state index in [9.17, 15) is 15.0 Å². The minimum atomic E-state index is -0.814. The Kier molecular flexibility index (Phi) is 16.2. The molecule has 1 rings (SSSR count). The van der Waals surface area contributed by atoms with Crippen molar-refractivity contribution in [1.29, 1.82) is 0 Å². The zero-order chi connectivity index (χ0) is 26.2. The number of carbonyl (C=O) groups is 1. The SMILES string of the molecule is CC(C)(C)CC(C(=O)O)c1ccc(O)c(C(C)(C)C)c1.CCCCCCCCCCCCCO. The second-order valence-electron chi connectivity index (χ2n) is 11.9. The Balaban J connectivity index is 0.000000686. The third kappa shape index (κ3) is 15.4. The number of aliphatic hydroxyl groups is 1. The van der Waals surface area contributed by atoms with Gasteiger partial charge in [-0.05, 0) is 40.9 Å². The van der Waals surface area contributed by atoms with Crippen LogP contribution in [-0.2, 0) is 10.2 Å². The molecule has 1 aromatic carbocycles. The van der Waals surface area contributed by atoms with Crippen LogP contribution >= 0.6 is 0 Å². The zero-order valence-electron chi connectivity index (χ0n) is 23.3. The number of aliphatic hydroxyl groups excluding tert-OH is 1. The first-order valence-electron chi connectivity index (χ1n) is 13.5. The van der Waals surface area contributed by atoms with E-state index in [1.54, 1.807) is 12.1 Å². The molecule has 0 aliphatic carbocycles. The van der Waals surface area contributed by atoms with E-state index in [0.717, 1.165) is 17.5 Å². The van der Waals surface area contributed by atoms with Crippen molar-refractivity contribution in [3.05, 3.63) is 29.3 Å². The number of carboxylic acid groups (broad SMARTS) is 1. The number of phenols is 1. The van der Waals surface area contributed by atoms with Gasteiger partial charge < -0.3 is 15.3 Å². The Hall–Kier alpha value is -1.55. The van der Waals surface area contributed by atoms with Gasteiger partial charge in [-0.3, -0.25) is 4.79 Å². The third-order valence-corrected chi connectivity index (χ3v) is 6.11. The number of benzene rings is 1. The van der Waals surface area contributed by atoms with Crippen molar-refractivity contribution < 1.29 is 20.1 Å². The van der Waals surface area contributed by atoms with Gasteiger partial charge in [-0.1, -0.05) is 125 Å². The van der Waals surface area contributed by atoms with E-state index in [1.165, 1.54) is 64.2 Å². The molecule has 34 heavy (non-hydrogen) atoms. The summed E-state index contributed by atoms with van der Waals surface area (Å²) in [5.41, 5.74) is 1.26. The highest BCUT2D eigenvalue weighted by Crippen LogP contribution is 2.36. The van der Waals surface area contributed by atoms with Crippen LogP contribution in [0.4, 0.5) is 0 Å². The van der Waals surface area contributed by atoms with Crippen molar-refractivity contribution in [2.24, 2.45) is 5.41 Å². The molecule has 4 heteroatoms. The Labute approximate surface area is 210 Å². The molecule has 0 saturated heterocycles.